The Labute approximate surface area is 164 Å². The van der Waals surface area contributed by atoms with E-state index in [2.05, 4.69) is 17.1 Å². The topological polar surface area (TPSA) is 106 Å². The number of nitrogens with two attached hydrogens (primary N) is 1. The molecule has 3 N–H and O–H groups in total. The van der Waals surface area contributed by atoms with E-state index in [9.17, 15) is 13.2 Å². The second kappa shape index (κ2) is 7.35. The van der Waals surface area contributed by atoms with Gasteiger partial charge in [-0.3, -0.25) is 9.69 Å². The molecule has 8 heteroatoms. The van der Waals surface area contributed by atoms with Crippen molar-refractivity contribution >= 4 is 21.6 Å². The van der Waals surface area contributed by atoms with E-state index >= 15 is 0 Å². The summed E-state index contributed by atoms with van der Waals surface area (Å²) in [6.07, 6.45) is 3.32. The van der Waals surface area contributed by atoms with Crippen LogP contribution < -0.4 is 10.5 Å². The lowest BCUT2D eigenvalue weighted by atomic mass is 10.3. The van der Waals surface area contributed by atoms with Gasteiger partial charge >= 0.3 is 0 Å². The first kappa shape index (κ1) is 19.2. The zero-order valence-corrected chi connectivity index (χ0v) is 16.6. The van der Waals surface area contributed by atoms with Crippen LogP contribution in [0.3, 0.4) is 0 Å². The van der Waals surface area contributed by atoms with Gasteiger partial charge in [0.25, 0.3) is 0 Å². The molecule has 2 atom stereocenters. The summed E-state index contributed by atoms with van der Waals surface area (Å²) in [5.41, 5.74) is 0.412. The maximum atomic E-state index is 12.5. The summed E-state index contributed by atoms with van der Waals surface area (Å²) in [7, 11) is -3.81. The highest BCUT2D eigenvalue weighted by Gasteiger charge is 2.37. The maximum Gasteiger partial charge on any atom is 0.238 e. The highest BCUT2D eigenvalue weighted by molar-refractivity contribution is 7.89. The molecule has 2 unspecified atom stereocenters. The van der Waals surface area contributed by atoms with E-state index in [0.717, 1.165) is 24.4 Å². The van der Waals surface area contributed by atoms with Gasteiger partial charge in [-0.2, -0.15) is 0 Å². The molecule has 4 rings (SSSR count). The van der Waals surface area contributed by atoms with Crippen molar-refractivity contribution in [3.8, 4) is 0 Å². The van der Waals surface area contributed by atoms with Gasteiger partial charge in [-0.25, -0.2) is 13.6 Å². The number of amides is 1. The molecule has 150 valence electrons. The zero-order chi connectivity index (χ0) is 19.9. The third-order valence-electron chi connectivity index (χ3n) is 5.37. The SMILES string of the molecule is CC1CC1c1ccc(CN(CC(=O)Nc2cccc(S(N)(=O)=O)c2)C2CC2)o1. The minimum atomic E-state index is -3.81. The summed E-state index contributed by atoms with van der Waals surface area (Å²) in [5, 5.41) is 7.91. The first-order chi connectivity index (χ1) is 13.3. The van der Waals surface area contributed by atoms with E-state index in [1.807, 2.05) is 12.1 Å². The Balaban J connectivity index is 1.38. The predicted molar refractivity (Wildman–Crippen MR) is 105 cm³/mol. The Morgan fingerprint density at radius 3 is 2.68 bits per heavy atom. The van der Waals surface area contributed by atoms with E-state index in [1.54, 1.807) is 12.1 Å². The van der Waals surface area contributed by atoms with Gasteiger partial charge in [0.05, 0.1) is 18.0 Å². The number of carbonyl (C=O) groups is 1. The molecule has 1 amide bonds. The molecule has 2 fully saturated rings. The number of nitrogens with one attached hydrogen (secondary N) is 1. The number of furan rings is 1. The van der Waals surface area contributed by atoms with E-state index in [0.29, 0.717) is 30.1 Å². The van der Waals surface area contributed by atoms with E-state index < -0.39 is 10.0 Å². The van der Waals surface area contributed by atoms with Crippen molar-refractivity contribution in [1.29, 1.82) is 0 Å². The summed E-state index contributed by atoms with van der Waals surface area (Å²) >= 11 is 0. The molecule has 0 radical (unpaired) electrons. The molecule has 1 heterocycles. The fourth-order valence-electron chi connectivity index (χ4n) is 3.49. The summed E-state index contributed by atoms with van der Waals surface area (Å²) in [6, 6.07) is 10.4. The average Bonchev–Trinajstić information content (AvgIpc) is 3.54. The molecular formula is C20H25N3O4S. The number of hydrogen-bond acceptors (Lipinski definition) is 5. The van der Waals surface area contributed by atoms with Gasteiger partial charge in [0.15, 0.2) is 0 Å². The average molecular weight is 404 g/mol. The number of rotatable bonds is 8. The van der Waals surface area contributed by atoms with Gasteiger partial charge in [-0.05, 0) is 55.5 Å². The molecule has 0 aliphatic heterocycles. The molecule has 2 aliphatic carbocycles. The second-order valence-corrected chi connectivity index (χ2v) is 9.44. The molecule has 2 saturated carbocycles. The molecule has 1 aromatic heterocycles. The molecule has 0 spiro atoms. The van der Waals surface area contributed by atoms with Crippen LogP contribution in [0.1, 0.15) is 43.6 Å². The van der Waals surface area contributed by atoms with Crippen LogP contribution in [0.5, 0.6) is 0 Å². The highest BCUT2D eigenvalue weighted by Crippen LogP contribution is 2.47. The highest BCUT2D eigenvalue weighted by atomic mass is 32.2. The van der Waals surface area contributed by atoms with Crippen LogP contribution in [-0.4, -0.2) is 31.8 Å². The lowest BCUT2D eigenvalue weighted by Gasteiger charge is -2.20. The zero-order valence-electron chi connectivity index (χ0n) is 15.8. The van der Waals surface area contributed by atoms with Gasteiger partial charge in [0.2, 0.25) is 15.9 Å². The molecule has 1 aromatic carbocycles. The fourth-order valence-corrected chi connectivity index (χ4v) is 4.05. The van der Waals surface area contributed by atoms with Crippen molar-refractivity contribution in [2.75, 3.05) is 11.9 Å². The first-order valence-electron chi connectivity index (χ1n) is 9.55. The van der Waals surface area contributed by atoms with Crippen molar-refractivity contribution in [3.05, 3.63) is 47.9 Å². The predicted octanol–water partition coefficient (Wildman–Crippen LogP) is 2.65. The van der Waals surface area contributed by atoms with Crippen molar-refractivity contribution < 1.29 is 17.6 Å². The number of sulfonamides is 1. The van der Waals surface area contributed by atoms with E-state index in [1.165, 1.54) is 18.6 Å². The smallest absolute Gasteiger partial charge is 0.238 e. The van der Waals surface area contributed by atoms with Crippen LogP contribution in [0.15, 0.2) is 45.7 Å². The van der Waals surface area contributed by atoms with Crippen molar-refractivity contribution in [1.82, 2.24) is 4.90 Å². The monoisotopic (exact) mass is 403 g/mol. The van der Waals surface area contributed by atoms with Crippen LogP contribution >= 0.6 is 0 Å². The first-order valence-corrected chi connectivity index (χ1v) is 11.1. The fraction of sp³-hybridized carbons (Fsp3) is 0.450. The molecular weight excluding hydrogens is 378 g/mol. The summed E-state index contributed by atoms with van der Waals surface area (Å²) in [4.78, 5) is 14.6. The number of primary sulfonamides is 1. The third kappa shape index (κ3) is 4.63. The number of carbonyl (C=O) groups excluding carboxylic acids is 1. The molecule has 2 aliphatic rings. The normalized spacial score (nSPS) is 21.7. The van der Waals surface area contributed by atoms with Gasteiger partial charge in [0, 0.05) is 17.6 Å². The number of hydrogen-bond donors (Lipinski definition) is 2. The Hall–Kier alpha value is -2.16. The molecule has 7 nitrogen and oxygen atoms in total. The summed E-state index contributed by atoms with van der Waals surface area (Å²) in [5.74, 6) is 2.96. The largest absolute Gasteiger partial charge is 0.464 e. The van der Waals surface area contributed by atoms with Crippen LogP contribution in [0.4, 0.5) is 5.69 Å². The minimum absolute atomic E-state index is 0.0261. The molecule has 28 heavy (non-hydrogen) atoms. The molecule has 0 bridgehead atoms. The Bertz CT molecular complexity index is 981. The summed E-state index contributed by atoms with van der Waals surface area (Å²) < 4.78 is 28.9. The van der Waals surface area contributed by atoms with Crippen LogP contribution in [0, 0.1) is 5.92 Å². The van der Waals surface area contributed by atoms with Gasteiger partial charge in [-0.15, -0.1) is 0 Å². The van der Waals surface area contributed by atoms with Gasteiger partial charge in [-0.1, -0.05) is 13.0 Å². The van der Waals surface area contributed by atoms with Gasteiger partial charge < -0.3 is 9.73 Å². The lowest BCUT2D eigenvalue weighted by molar-refractivity contribution is -0.117. The maximum absolute atomic E-state index is 12.5. The Morgan fingerprint density at radius 2 is 2.04 bits per heavy atom. The van der Waals surface area contributed by atoms with Crippen LogP contribution in [0.2, 0.25) is 0 Å². The van der Waals surface area contributed by atoms with E-state index in [-0.39, 0.29) is 17.3 Å². The van der Waals surface area contributed by atoms with Crippen molar-refractivity contribution in [3.63, 3.8) is 0 Å². The van der Waals surface area contributed by atoms with Crippen molar-refractivity contribution in [2.45, 2.75) is 49.6 Å². The van der Waals surface area contributed by atoms with Crippen LogP contribution in [0.25, 0.3) is 0 Å². The summed E-state index contributed by atoms with van der Waals surface area (Å²) in [6.45, 7) is 3.04. The third-order valence-corrected chi connectivity index (χ3v) is 6.28. The Kier molecular flexibility index (Phi) is 5.03. The van der Waals surface area contributed by atoms with Crippen molar-refractivity contribution in [2.24, 2.45) is 11.1 Å². The minimum Gasteiger partial charge on any atom is -0.464 e. The number of nitrogens with zero attached hydrogens (tertiary/aromatic N) is 1. The standard InChI is InChI=1S/C20H25N3O4S/c1-13-9-18(13)19-8-7-16(27-19)11-23(15-5-6-15)12-20(24)22-14-3-2-4-17(10-14)28(21,25)26/h2-4,7-8,10,13,15,18H,5-6,9,11-12H2,1H3,(H,22,24)(H2,21,25,26). The molecule has 0 saturated heterocycles. The lowest BCUT2D eigenvalue weighted by Crippen LogP contribution is -2.34. The quantitative estimate of drug-likeness (QED) is 0.705. The van der Waals surface area contributed by atoms with Crippen LogP contribution in [-0.2, 0) is 21.4 Å². The number of benzene rings is 1. The Morgan fingerprint density at radius 1 is 1.29 bits per heavy atom. The van der Waals surface area contributed by atoms with Gasteiger partial charge in [0.1, 0.15) is 11.5 Å². The number of anilines is 1. The van der Waals surface area contributed by atoms with E-state index in [4.69, 9.17) is 9.56 Å². The second-order valence-electron chi connectivity index (χ2n) is 7.88. The molecule has 2 aromatic rings.